The second-order valence-electron chi connectivity index (χ2n) is 8.25. The Kier molecular flexibility index (Phi) is 6.71. The predicted octanol–water partition coefficient (Wildman–Crippen LogP) is 3.43. The van der Waals surface area contributed by atoms with Gasteiger partial charge in [0.15, 0.2) is 0 Å². The smallest absolute Gasteiger partial charge is 0.234 e. The van der Waals surface area contributed by atoms with E-state index in [0.717, 1.165) is 32.2 Å². The molecule has 1 N–H and O–H groups in total. The topological polar surface area (TPSA) is 35.6 Å². The number of nitrogens with zero attached hydrogens (tertiary/aromatic N) is 2. The number of aryl methyl sites for hydroxylation is 2. The molecule has 1 aromatic rings. The molecule has 1 amide bonds. The molecule has 0 radical (unpaired) electrons. The fourth-order valence-electron chi connectivity index (χ4n) is 4.53. The molecule has 0 bridgehead atoms. The molecule has 4 heteroatoms. The third-order valence-electron chi connectivity index (χ3n) is 6.14. The molecule has 4 nitrogen and oxygen atoms in total. The lowest BCUT2D eigenvalue weighted by atomic mass is 9.94. The van der Waals surface area contributed by atoms with Crippen LogP contribution in [0.4, 0.5) is 0 Å². The van der Waals surface area contributed by atoms with E-state index >= 15 is 0 Å². The Bertz CT molecular complexity index is 601. The highest BCUT2D eigenvalue weighted by atomic mass is 16.2. The lowest BCUT2D eigenvalue weighted by molar-refractivity contribution is -0.123. The van der Waals surface area contributed by atoms with Crippen LogP contribution in [0.2, 0.25) is 0 Å². The molecule has 0 aromatic heterocycles. The molecular formula is C22H35N3O. The van der Waals surface area contributed by atoms with Crippen LogP contribution < -0.4 is 5.32 Å². The third-order valence-corrected chi connectivity index (χ3v) is 6.14. The molecule has 1 aliphatic heterocycles. The molecule has 2 fully saturated rings. The molecule has 1 heterocycles. The first-order valence-corrected chi connectivity index (χ1v) is 10.4. The van der Waals surface area contributed by atoms with Crippen LogP contribution in [-0.2, 0) is 4.79 Å². The molecular weight excluding hydrogens is 322 g/mol. The van der Waals surface area contributed by atoms with Crippen LogP contribution in [0.15, 0.2) is 18.2 Å². The highest BCUT2D eigenvalue weighted by molar-refractivity contribution is 5.78. The van der Waals surface area contributed by atoms with E-state index < -0.39 is 0 Å². The maximum absolute atomic E-state index is 12.5. The summed E-state index contributed by atoms with van der Waals surface area (Å²) in [5, 5.41) is 3.19. The van der Waals surface area contributed by atoms with E-state index in [9.17, 15) is 4.79 Å². The minimum atomic E-state index is 0.0610. The molecule has 26 heavy (non-hydrogen) atoms. The number of carbonyl (C=O) groups is 1. The van der Waals surface area contributed by atoms with E-state index in [-0.39, 0.29) is 11.9 Å². The first kappa shape index (κ1) is 19.4. The van der Waals surface area contributed by atoms with Gasteiger partial charge in [-0.3, -0.25) is 14.6 Å². The maximum atomic E-state index is 12.5. The van der Waals surface area contributed by atoms with E-state index in [1.807, 2.05) is 0 Å². The van der Waals surface area contributed by atoms with E-state index in [1.54, 1.807) is 0 Å². The number of nitrogens with one attached hydrogen (secondary N) is 1. The Balaban J connectivity index is 1.44. The van der Waals surface area contributed by atoms with Crippen molar-refractivity contribution in [3.8, 4) is 0 Å². The van der Waals surface area contributed by atoms with Gasteiger partial charge in [0.2, 0.25) is 5.91 Å². The summed E-state index contributed by atoms with van der Waals surface area (Å²) in [6.45, 7) is 11.1. The van der Waals surface area contributed by atoms with Crippen LogP contribution in [0.1, 0.15) is 61.8 Å². The Morgan fingerprint density at radius 1 is 1.12 bits per heavy atom. The Morgan fingerprint density at radius 3 is 2.50 bits per heavy atom. The van der Waals surface area contributed by atoms with Gasteiger partial charge in [0, 0.05) is 32.2 Å². The van der Waals surface area contributed by atoms with Crippen molar-refractivity contribution in [2.24, 2.45) is 0 Å². The highest BCUT2D eigenvalue weighted by Crippen LogP contribution is 2.23. The fraction of sp³-hybridized carbons (Fsp3) is 0.682. The number of hydrogen-bond donors (Lipinski definition) is 1. The third kappa shape index (κ3) is 5.08. The predicted molar refractivity (Wildman–Crippen MR) is 107 cm³/mol. The molecule has 144 valence electrons. The van der Waals surface area contributed by atoms with Crippen molar-refractivity contribution in [3.05, 3.63) is 34.9 Å². The molecule has 1 saturated carbocycles. The second-order valence-corrected chi connectivity index (χ2v) is 8.25. The second kappa shape index (κ2) is 9.01. The van der Waals surface area contributed by atoms with Crippen LogP contribution in [0, 0.1) is 13.8 Å². The molecule has 1 aromatic carbocycles. The number of piperazine rings is 1. The molecule has 2 aliphatic rings. The molecule has 1 atom stereocenters. The van der Waals surface area contributed by atoms with Crippen molar-refractivity contribution in [1.82, 2.24) is 15.1 Å². The number of benzene rings is 1. The van der Waals surface area contributed by atoms with Gasteiger partial charge < -0.3 is 5.32 Å². The lowest BCUT2D eigenvalue weighted by Gasteiger charge is -2.40. The van der Waals surface area contributed by atoms with E-state index in [2.05, 4.69) is 54.1 Å². The Morgan fingerprint density at radius 2 is 1.81 bits per heavy atom. The summed E-state index contributed by atoms with van der Waals surface area (Å²) in [4.78, 5) is 17.5. The first-order chi connectivity index (χ1) is 12.5. The average Bonchev–Trinajstić information content (AvgIpc) is 2.65. The summed E-state index contributed by atoms with van der Waals surface area (Å²) in [6.07, 6.45) is 6.93. The number of hydrogen-bond acceptors (Lipinski definition) is 3. The minimum absolute atomic E-state index is 0.0610. The van der Waals surface area contributed by atoms with Crippen LogP contribution in [-0.4, -0.2) is 54.5 Å². The highest BCUT2D eigenvalue weighted by Gasteiger charge is 2.26. The Labute approximate surface area is 158 Å². The number of carbonyl (C=O) groups excluding carboxylic acids is 1. The largest absolute Gasteiger partial charge is 0.348 e. The number of amides is 1. The monoisotopic (exact) mass is 357 g/mol. The normalized spacial score (nSPS) is 21.5. The summed E-state index contributed by atoms with van der Waals surface area (Å²) < 4.78 is 0. The summed E-state index contributed by atoms with van der Waals surface area (Å²) in [5.41, 5.74) is 3.70. The van der Waals surface area contributed by atoms with Crippen LogP contribution in [0.3, 0.4) is 0 Å². The van der Waals surface area contributed by atoms with E-state index in [0.29, 0.717) is 6.54 Å². The van der Waals surface area contributed by atoms with Gasteiger partial charge in [-0.1, -0.05) is 43.0 Å². The van der Waals surface area contributed by atoms with Crippen molar-refractivity contribution >= 4 is 5.91 Å². The van der Waals surface area contributed by atoms with E-state index in [4.69, 9.17) is 0 Å². The molecule has 1 saturated heterocycles. The average molecular weight is 358 g/mol. The van der Waals surface area contributed by atoms with Gasteiger partial charge in [-0.2, -0.15) is 0 Å². The molecule has 3 rings (SSSR count). The molecule has 0 spiro atoms. The van der Waals surface area contributed by atoms with Gasteiger partial charge in [0.25, 0.3) is 0 Å². The summed E-state index contributed by atoms with van der Waals surface area (Å²) in [5.74, 6) is 0.143. The van der Waals surface area contributed by atoms with Crippen LogP contribution >= 0.6 is 0 Å². The molecule has 1 aliphatic carbocycles. The van der Waals surface area contributed by atoms with Crippen molar-refractivity contribution in [2.75, 3.05) is 32.7 Å². The van der Waals surface area contributed by atoms with Crippen LogP contribution in [0.5, 0.6) is 0 Å². The SMILES string of the molecule is Cc1ccc(C)c(C(C)NC(=O)CN2CCN(C3CCCCC3)CC2)c1. The van der Waals surface area contributed by atoms with Crippen LogP contribution in [0.25, 0.3) is 0 Å². The lowest BCUT2D eigenvalue weighted by Crippen LogP contribution is -2.52. The van der Waals surface area contributed by atoms with Gasteiger partial charge in [-0.05, 0) is 44.7 Å². The van der Waals surface area contributed by atoms with Gasteiger partial charge in [-0.15, -0.1) is 0 Å². The first-order valence-electron chi connectivity index (χ1n) is 10.4. The zero-order chi connectivity index (χ0) is 18.5. The van der Waals surface area contributed by atoms with Gasteiger partial charge in [0.1, 0.15) is 0 Å². The quantitative estimate of drug-likeness (QED) is 0.877. The van der Waals surface area contributed by atoms with Crippen molar-refractivity contribution in [3.63, 3.8) is 0 Å². The minimum Gasteiger partial charge on any atom is -0.348 e. The van der Waals surface area contributed by atoms with E-state index in [1.165, 1.54) is 48.8 Å². The van der Waals surface area contributed by atoms with Gasteiger partial charge >= 0.3 is 0 Å². The van der Waals surface area contributed by atoms with Crippen molar-refractivity contribution < 1.29 is 4.79 Å². The van der Waals surface area contributed by atoms with Gasteiger partial charge in [0.05, 0.1) is 12.6 Å². The van der Waals surface area contributed by atoms with Crippen molar-refractivity contribution in [1.29, 1.82) is 0 Å². The summed E-state index contributed by atoms with van der Waals surface area (Å²) in [7, 11) is 0. The Hall–Kier alpha value is -1.39. The summed E-state index contributed by atoms with van der Waals surface area (Å²) in [6, 6.07) is 7.30. The number of rotatable bonds is 5. The molecule has 1 unspecified atom stereocenters. The summed E-state index contributed by atoms with van der Waals surface area (Å²) >= 11 is 0. The zero-order valence-electron chi connectivity index (χ0n) is 16.8. The maximum Gasteiger partial charge on any atom is 0.234 e. The van der Waals surface area contributed by atoms with Crippen molar-refractivity contribution in [2.45, 2.75) is 65.0 Å². The standard InChI is InChI=1S/C22H35N3O/c1-17-9-10-18(2)21(15-17)19(3)23-22(26)16-24-11-13-25(14-12-24)20-7-5-4-6-8-20/h9-10,15,19-20H,4-8,11-14,16H2,1-3H3,(H,23,26). The fourth-order valence-corrected chi connectivity index (χ4v) is 4.53. The van der Waals surface area contributed by atoms with Gasteiger partial charge in [-0.25, -0.2) is 0 Å². The zero-order valence-corrected chi connectivity index (χ0v) is 16.8.